The van der Waals surface area contributed by atoms with Gasteiger partial charge in [0.15, 0.2) is 6.61 Å². The van der Waals surface area contributed by atoms with Crippen LogP contribution in [0.1, 0.15) is 69.4 Å². The predicted octanol–water partition coefficient (Wildman–Crippen LogP) is 4.61. The van der Waals surface area contributed by atoms with Crippen LogP contribution in [-0.4, -0.2) is 28.9 Å². The van der Waals surface area contributed by atoms with E-state index in [4.69, 9.17) is 9.84 Å². The molecule has 0 heterocycles. The highest BCUT2D eigenvalue weighted by Crippen LogP contribution is 2.48. The monoisotopic (exact) mass is 374 g/mol. The first-order valence-electron chi connectivity index (χ1n) is 10.7. The quantitative estimate of drug-likeness (QED) is 0.587. The van der Waals surface area contributed by atoms with Gasteiger partial charge in [-0.2, -0.15) is 0 Å². The van der Waals surface area contributed by atoms with Crippen LogP contribution in [0.3, 0.4) is 0 Å². The number of ether oxygens (including phenoxy) is 1. The number of rotatable bonds is 10. The Labute approximate surface area is 162 Å². The molecule has 4 heteroatoms. The fourth-order valence-corrected chi connectivity index (χ4v) is 5.19. The Balaban J connectivity index is 1.57. The lowest BCUT2D eigenvalue weighted by Gasteiger charge is -2.32. The largest absolute Gasteiger partial charge is 0.482 e. The normalized spacial score (nSPS) is 24.9. The van der Waals surface area contributed by atoms with E-state index in [0.29, 0.717) is 17.8 Å². The molecule has 2 N–H and O–H groups in total. The Kier molecular flexibility index (Phi) is 7.17. The molecular weight excluding hydrogens is 340 g/mol. The minimum absolute atomic E-state index is 0.137. The number of benzene rings is 1. The van der Waals surface area contributed by atoms with Gasteiger partial charge in [0.05, 0.1) is 6.10 Å². The van der Waals surface area contributed by atoms with E-state index in [-0.39, 0.29) is 12.7 Å². The lowest BCUT2D eigenvalue weighted by Crippen LogP contribution is -2.26. The Morgan fingerprint density at radius 3 is 2.85 bits per heavy atom. The van der Waals surface area contributed by atoms with Crippen molar-refractivity contribution in [2.45, 2.75) is 77.2 Å². The van der Waals surface area contributed by atoms with Gasteiger partial charge in [0, 0.05) is 0 Å². The number of fused-ring (bicyclic) bond motifs is 2. The van der Waals surface area contributed by atoms with Gasteiger partial charge in [-0.3, -0.25) is 0 Å². The first-order chi connectivity index (χ1) is 13.1. The average molecular weight is 375 g/mol. The van der Waals surface area contributed by atoms with Crippen molar-refractivity contribution in [2.75, 3.05) is 6.61 Å². The van der Waals surface area contributed by atoms with E-state index in [0.717, 1.165) is 44.3 Å². The Morgan fingerprint density at radius 1 is 1.22 bits per heavy atom. The summed E-state index contributed by atoms with van der Waals surface area (Å²) in [5, 5.41) is 19.2. The second-order valence-electron chi connectivity index (χ2n) is 8.47. The number of aliphatic hydroxyl groups excluding tert-OH is 1. The summed E-state index contributed by atoms with van der Waals surface area (Å²) in [5.74, 6) is 1.92. The molecule has 4 atom stereocenters. The van der Waals surface area contributed by atoms with Crippen LogP contribution in [0, 0.1) is 17.8 Å². The Morgan fingerprint density at radius 2 is 2.07 bits per heavy atom. The van der Waals surface area contributed by atoms with Gasteiger partial charge < -0.3 is 14.9 Å². The molecule has 3 unspecified atom stereocenters. The topological polar surface area (TPSA) is 66.8 Å². The van der Waals surface area contributed by atoms with E-state index < -0.39 is 5.97 Å². The van der Waals surface area contributed by atoms with Crippen molar-refractivity contribution in [3.63, 3.8) is 0 Å². The second-order valence-corrected chi connectivity index (χ2v) is 8.47. The zero-order valence-corrected chi connectivity index (χ0v) is 16.5. The van der Waals surface area contributed by atoms with Gasteiger partial charge in [0.25, 0.3) is 0 Å². The summed E-state index contributed by atoms with van der Waals surface area (Å²) in [4.78, 5) is 10.8. The van der Waals surface area contributed by atoms with Crippen LogP contribution in [-0.2, 0) is 17.6 Å². The summed E-state index contributed by atoms with van der Waals surface area (Å²) < 4.78 is 5.53. The minimum Gasteiger partial charge on any atom is -0.482 e. The highest BCUT2D eigenvalue weighted by atomic mass is 16.5. The van der Waals surface area contributed by atoms with Crippen LogP contribution < -0.4 is 4.74 Å². The van der Waals surface area contributed by atoms with Gasteiger partial charge in [-0.15, -0.1) is 0 Å². The molecule has 1 saturated carbocycles. The molecule has 0 aliphatic heterocycles. The summed E-state index contributed by atoms with van der Waals surface area (Å²) in [6, 6.07) is 6.06. The number of unbranched alkanes of at least 4 members (excludes halogenated alkanes) is 2. The minimum atomic E-state index is -0.931. The molecule has 0 saturated heterocycles. The summed E-state index contributed by atoms with van der Waals surface area (Å²) in [5.41, 5.74) is 2.55. The van der Waals surface area contributed by atoms with Gasteiger partial charge in [-0.05, 0) is 79.9 Å². The van der Waals surface area contributed by atoms with Crippen LogP contribution in [0.5, 0.6) is 5.75 Å². The zero-order valence-electron chi connectivity index (χ0n) is 16.5. The van der Waals surface area contributed by atoms with Gasteiger partial charge >= 0.3 is 5.97 Å². The molecule has 27 heavy (non-hydrogen) atoms. The number of hydrogen-bond donors (Lipinski definition) is 2. The number of hydrogen-bond acceptors (Lipinski definition) is 3. The third kappa shape index (κ3) is 5.25. The summed E-state index contributed by atoms with van der Waals surface area (Å²) >= 11 is 0. The molecule has 1 aromatic rings. The molecule has 1 aromatic carbocycles. The highest BCUT2D eigenvalue weighted by Gasteiger charge is 2.39. The summed E-state index contributed by atoms with van der Waals surface area (Å²) in [6.45, 7) is 1.92. The molecule has 0 aromatic heterocycles. The molecule has 4 nitrogen and oxygen atoms in total. The molecule has 1 fully saturated rings. The van der Waals surface area contributed by atoms with Crippen molar-refractivity contribution < 1.29 is 19.7 Å². The smallest absolute Gasteiger partial charge is 0.341 e. The maximum atomic E-state index is 10.8. The van der Waals surface area contributed by atoms with Crippen LogP contribution in [0.15, 0.2) is 18.2 Å². The van der Waals surface area contributed by atoms with Crippen LogP contribution in [0.25, 0.3) is 0 Å². The highest BCUT2D eigenvalue weighted by molar-refractivity contribution is 5.68. The standard InChI is InChI=1S/C23H34O4/c1-2-3-4-7-19(24)12-11-16-9-10-18-14-21-17(13-20(16)18)6-5-8-22(21)27-15-23(25)26/h5-6,8,16,18-20,24H,2-4,7,9-15H2,1H3,(H,25,26)/t16?,18?,19?,20-/m1/s1. The van der Waals surface area contributed by atoms with Crippen molar-refractivity contribution in [3.8, 4) is 5.75 Å². The summed E-state index contributed by atoms with van der Waals surface area (Å²) in [6.07, 6.45) is 11.0. The van der Waals surface area contributed by atoms with E-state index in [9.17, 15) is 9.90 Å². The summed E-state index contributed by atoms with van der Waals surface area (Å²) in [7, 11) is 0. The predicted molar refractivity (Wildman–Crippen MR) is 106 cm³/mol. The van der Waals surface area contributed by atoms with Crippen molar-refractivity contribution in [1.29, 1.82) is 0 Å². The Hall–Kier alpha value is -1.55. The fraction of sp³-hybridized carbons (Fsp3) is 0.696. The molecule has 2 aliphatic carbocycles. The number of aliphatic hydroxyl groups is 1. The van der Waals surface area contributed by atoms with E-state index in [2.05, 4.69) is 13.0 Å². The number of aliphatic carboxylic acids is 1. The van der Waals surface area contributed by atoms with E-state index in [1.807, 2.05) is 12.1 Å². The lowest BCUT2D eigenvalue weighted by molar-refractivity contribution is -0.139. The van der Waals surface area contributed by atoms with E-state index in [1.165, 1.54) is 36.8 Å². The fourth-order valence-electron chi connectivity index (χ4n) is 5.19. The number of carboxylic acids is 1. The number of carbonyl (C=O) groups is 1. The third-order valence-electron chi connectivity index (χ3n) is 6.63. The molecule has 0 amide bonds. The van der Waals surface area contributed by atoms with Gasteiger partial charge in [0.1, 0.15) is 5.75 Å². The second kappa shape index (κ2) is 9.59. The SMILES string of the molecule is CCCCCC(O)CCC1CCC2Cc3c(cccc3OCC(=O)O)C[C@H]12. The van der Waals surface area contributed by atoms with Crippen LogP contribution in [0.2, 0.25) is 0 Å². The zero-order chi connectivity index (χ0) is 19.2. The van der Waals surface area contributed by atoms with Crippen molar-refractivity contribution in [2.24, 2.45) is 17.8 Å². The van der Waals surface area contributed by atoms with Crippen molar-refractivity contribution in [3.05, 3.63) is 29.3 Å². The van der Waals surface area contributed by atoms with Crippen LogP contribution >= 0.6 is 0 Å². The molecule has 0 radical (unpaired) electrons. The van der Waals surface area contributed by atoms with Gasteiger partial charge in [-0.25, -0.2) is 4.79 Å². The molecule has 0 bridgehead atoms. The first kappa shape index (κ1) is 20.2. The van der Waals surface area contributed by atoms with E-state index in [1.54, 1.807) is 0 Å². The van der Waals surface area contributed by atoms with Crippen molar-refractivity contribution in [1.82, 2.24) is 0 Å². The Bertz CT molecular complexity index is 627. The average Bonchev–Trinajstić information content (AvgIpc) is 3.05. The molecule has 150 valence electrons. The number of carboxylic acid groups (broad SMARTS) is 1. The third-order valence-corrected chi connectivity index (χ3v) is 6.63. The van der Waals surface area contributed by atoms with Crippen LogP contribution in [0.4, 0.5) is 0 Å². The van der Waals surface area contributed by atoms with Gasteiger partial charge in [-0.1, -0.05) is 38.3 Å². The molecular formula is C23H34O4. The van der Waals surface area contributed by atoms with E-state index >= 15 is 0 Å². The first-order valence-corrected chi connectivity index (χ1v) is 10.7. The maximum absolute atomic E-state index is 10.8. The molecule has 0 spiro atoms. The van der Waals surface area contributed by atoms with Gasteiger partial charge in [0.2, 0.25) is 0 Å². The lowest BCUT2D eigenvalue weighted by atomic mass is 9.73. The maximum Gasteiger partial charge on any atom is 0.341 e. The molecule has 2 aliphatic rings. The molecule has 3 rings (SSSR count). The van der Waals surface area contributed by atoms with Crippen molar-refractivity contribution >= 4 is 5.97 Å².